The van der Waals surface area contributed by atoms with Crippen molar-refractivity contribution in [1.29, 1.82) is 0 Å². The first-order chi connectivity index (χ1) is 21.6. The van der Waals surface area contributed by atoms with Crippen LogP contribution in [0.1, 0.15) is 52.2 Å². The second-order valence-corrected chi connectivity index (χ2v) is 13.2. The van der Waals surface area contributed by atoms with Gasteiger partial charge in [0.25, 0.3) is 0 Å². The molecule has 3 rings (SSSR count). The van der Waals surface area contributed by atoms with Crippen LogP contribution in [0, 0.1) is 0 Å². The molecule has 3 aromatic carbocycles. The predicted octanol–water partition coefficient (Wildman–Crippen LogP) is 4.42. The van der Waals surface area contributed by atoms with Crippen molar-refractivity contribution >= 4 is 34.5 Å². The molecule has 0 unspecified atom stereocenters. The van der Waals surface area contributed by atoms with E-state index >= 15 is 0 Å². The lowest BCUT2D eigenvalue weighted by Crippen LogP contribution is -2.57. The van der Waals surface area contributed by atoms with Crippen molar-refractivity contribution in [2.75, 3.05) is 20.6 Å². The summed E-state index contributed by atoms with van der Waals surface area (Å²) in [6.45, 7) is 8.52. The average molecular weight is 629 g/mol. The zero-order chi connectivity index (χ0) is 34.1. The van der Waals surface area contributed by atoms with Crippen molar-refractivity contribution in [1.82, 2.24) is 15.1 Å². The van der Waals surface area contributed by atoms with Gasteiger partial charge in [-0.1, -0.05) is 78.9 Å². The molecule has 0 saturated carbocycles. The van der Waals surface area contributed by atoms with Crippen LogP contribution < -0.4 is 11.1 Å². The lowest BCUT2D eigenvalue weighted by atomic mass is 9.98. The standard InChI is InChI=1S/C37H48N4O5/c1-26(42)46-37(4,5)25-39-34(44)31(23-27-14-9-8-10-15-27)41(7)35(45)32(40(6)33(43)18-13-21-36(2,3)38)24-28-19-20-29-16-11-12-17-30(29)22-28/h8-20,22,31-32H,21,23-25,38H2,1-7H3,(H,39,44)/t31-,32-/m1/s1. The smallest absolute Gasteiger partial charge is 0.303 e. The molecule has 0 aliphatic rings. The Hall–Kier alpha value is -4.50. The normalized spacial score (nSPS) is 13.2. The van der Waals surface area contributed by atoms with E-state index in [0.717, 1.165) is 21.9 Å². The van der Waals surface area contributed by atoms with Crippen LogP contribution in [0.5, 0.6) is 0 Å². The quantitative estimate of drug-likeness (QED) is 0.201. The number of likely N-dealkylation sites (N-methyl/N-ethyl adjacent to an activating group) is 2. The van der Waals surface area contributed by atoms with E-state index in [1.807, 2.05) is 86.6 Å². The lowest BCUT2D eigenvalue weighted by Gasteiger charge is -2.35. The zero-order valence-electron chi connectivity index (χ0n) is 28.1. The number of hydrogen-bond donors (Lipinski definition) is 2. The molecule has 2 atom stereocenters. The van der Waals surface area contributed by atoms with Gasteiger partial charge in [0.2, 0.25) is 17.7 Å². The molecule has 3 amide bonds. The van der Waals surface area contributed by atoms with Crippen LogP contribution in [-0.2, 0) is 36.8 Å². The van der Waals surface area contributed by atoms with E-state index in [-0.39, 0.29) is 31.2 Å². The first kappa shape index (κ1) is 36.0. The summed E-state index contributed by atoms with van der Waals surface area (Å²) in [7, 11) is 3.19. The monoisotopic (exact) mass is 628 g/mol. The van der Waals surface area contributed by atoms with Crippen LogP contribution in [0.3, 0.4) is 0 Å². The Morgan fingerprint density at radius 2 is 1.43 bits per heavy atom. The van der Waals surface area contributed by atoms with Crippen LogP contribution in [0.25, 0.3) is 10.8 Å². The summed E-state index contributed by atoms with van der Waals surface area (Å²) in [5.41, 5.74) is 6.40. The van der Waals surface area contributed by atoms with E-state index in [2.05, 4.69) is 5.32 Å². The topological polar surface area (TPSA) is 122 Å². The van der Waals surface area contributed by atoms with Crippen molar-refractivity contribution in [3.8, 4) is 0 Å². The highest BCUT2D eigenvalue weighted by Gasteiger charge is 2.35. The van der Waals surface area contributed by atoms with Gasteiger partial charge in [0, 0.05) is 39.4 Å². The molecule has 46 heavy (non-hydrogen) atoms. The predicted molar refractivity (Wildman–Crippen MR) is 182 cm³/mol. The number of esters is 1. The van der Waals surface area contributed by atoms with Crippen LogP contribution in [0.4, 0.5) is 0 Å². The molecule has 9 heteroatoms. The molecular weight excluding hydrogens is 580 g/mol. The fourth-order valence-corrected chi connectivity index (χ4v) is 5.19. The minimum atomic E-state index is -0.947. The van der Waals surface area contributed by atoms with Crippen molar-refractivity contribution in [2.24, 2.45) is 5.73 Å². The first-order valence-electron chi connectivity index (χ1n) is 15.5. The van der Waals surface area contributed by atoms with Gasteiger partial charge in [-0.05, 0) is 62.1 Å². The number of fused-ring (bicyclic) bond motifs is 1. The molecule has 0 radical (unpaired) electrons. The second-order valence-electron chi connectivity index (χ2n) is 13.2. The molecule has 0 bridgehead atoms. The Kier molecular flexibility index (Phi) is 12.3. The Morgan fingerprint density at radius 1 is 0.826 bits per heavy atom. The molecule has 0 aliphatic carbocycles. The number of benzene rings is 3. The fourth-order valence-electron chi connectivity index (χ4n) is 5.19. The van der Waals surface area contributed by atoms with Crippen LogP contribution >= 0.6 is 0 Å². The van der Waals surface area contributed by atoms with Crippen LogP contribution in [0.2, 0.25) is 0 Å². The van der Waals surface area contributed by atoms with Gasteiger partial charge < -0.3 is 25.6 Å². The molecule has 0 aliphatic heterocycles. The van der Waals surface area contributed by atoms with Gasteiger partial charge in [0.1, 0.15) is 17.7 Å². The van der Waals surface area contributed by atoms with E-state index in [1.54, 1.807) is 34.0 Å². The lowest BCUT2D eigenvalue weighted by molar-refractivity contribution is -0.154. The van der Waals surface area contributed by atoms with Gasteiger partial charge in [-0.2, -0.15) is 0 Å². The van der Waals surface area contributed by atoms with Gasteiger partial charge in [-0.25, -0.2) is 0 Å². The van der Waals surface area contributed by atoms with Crippen LogP contribution in [0.15, 0.2) is 84.9 Å². The second kappa shape index (κ2) is 15.7. The largest absolute Gasteiger partial charge is 0.458 e. The number of nitrogens with one attached hydrogen (secondary N) is 1. The molecule has 246 valence electrons. The summed E-state index contributed by atoms with van der Waals surface area (Å²) in [6.07, 6.45) is 4.14. The molecule has 0 spiro atoms. The molecule has 0 aromatic heterocycles. The molecule has 0 heterocycles. The number of amides is 3. The summed E-state index contributed by atoms with van der Waals surface area (Å²) in [5.74, 6) is -1.58. The summed E-state index contributed by atoms with van der Waals surface area (Å²) < 4.78 is 5.35. The van der Waals surface area contributed by atoms with E-state index in [9.17, 15) is 19.2 Å². The summed E-state index contributed by atoms with van der Waals surface area (Å²) in [6, 6.07) is 21.5. The minimum absolute atomic E-state index is 0.0555. The van der Waals surface area contributed by atoms with E-state index in [0.29, 0.717) is 6.42 Å². The van der Waals surface area contributed by atoms with Gasteiger partial charge in [-0.15, -0.1) is 0 Å². The molecule has 3 N–H and O–H groups in total. The number of nitrogens with two attached hydrogens (primary N) is 1. The van der Waals surface area contributed by atoms with Crippen LogP contribution in [-0.4, -0.2) is 77.4 Å². The zero-order valence-corrected chi connectivity index (χ0v) is 28.1. The number of carbonyl (C=O) groups excluding carboxylic acids is 4. The Labute approximate surface area is 272 Å². The summed E-state index contributed by atoms with van der Waals surface area (Å²) >= 11 is 0. The minimum Gasteiger partial charge on any atom is -0.458 e. The average Bonchev–Trinajstić information content (AvgIpc) is 2.99. The first-order valence-corrected chi connectivity index (χ1v) is 15.5. The molecule has 3 aromatic rings. The van der Waals surface area contributed by atoms with E-state index in [4.69, 9.17) is 10.5 Å². The third-order valence-electron chi connectivity index (χ3n) is 7.75. The highest BCUT2D eigenvalue weighted by Crippen LogP contribution is 2.20. The third-order valence-corrected chi connectivity index (χ3v) is 7.75. The number of ether oxygens (including phenoxy) is 1. The number of rotatable bonds is 14. The highest BCUT2D eigenvalue weighted by atomic mass is 16.6. The number of nitrogens with zero attached hydrogens (tertiary/aromatic N) is 2. The van der Waals surface area contributed by atoms with Gasteiger partial charge in [0.05, 0.1) is 6.54 Å². The Morgan fingerprint density at radius 3 is 2.07 bits per heavy atom. The van der Waals surface area contributed by atoms with E-state index in [1.165, 1.54) is 22.8 Å². The number of hydrogen-bond acceptors (Lipinski definition) is 6. The summed E-state index contributed by atoms with van der Waals surface area (Å²) in [5, 5.41) is 4.97. The Balaban J connectivity index is 1.95. The molecule has 0 saturated heterocycles. The molecule has 0 fully saturated rings. The Bertz CT molecular complexity index is 1540. The molecule has 9 nitrogen and oxygen atoms in total. The van der Waals surface area contributed by atoms with Crippen molar-refractivity contribution in [2.45, 2.75) is 77.1 Å². The van der Waals surface area contributed by atoms with Gasteiger partial charge in [0.15, 0.2) is 0 Å². The third kappa shape index (κ3) is 10.8. The van der Waals surface area contributed by atoms with E-state index < -0.39 is 35.1 Å². The summed E-state index contributed by atoms with van der Waals surface area (Å²) in [4.78, 5) is 56.0. The maximum atomic E-state index is 14.4. The SMILES string of the molecule is CC(=O)OC(C)(C)CNC(=O)[C@@H](Cc1ccccc1)N(C)C(=O)[C@@H](Cc1ccc2ccccc2c1)N(C)C(=O)C=CCC(C)(C)N. The van der Waals surface area contributed by atoms with Crippen molar-refractivity contribution in [3.05, 3.63) is 96.1 Å². The maximum absolute atomic E-state index is 14.4. The van der Waals surface area contributed by atoms with Crippen molar-refractivity contribution in [3.63, 3.8) is 0 Å². The van der Waals surface area contributed by atoms with Gasteiger partial charge >= 0.3 is 5.97 Å². The number of carbonyl (C=O) groups is 4. The molecular formula is C37H48N4O5. The maximum Gasteiger partial charge on any atom is 0.303 e. The van der Waals surface area contributed by atoms with Gasteiger partial charge in [-0.3, -0.25) is 19.2 Å². The fraction of sp³-hybridized carbons (Fsp3) is 0.405. The highest BCUT2D eigenvalue weighted by molar-refractivity contribution is 5.95. The van der Waals surface area contributed by atoms with Crippen molar-refractivity contribution < 1.29 is 23.9 Å².